The molecule has 0 fully saturated rings. The first-order valence-corrected chi connectivity index (χ1v) is 7.21. The van der Waals surface area contributed by atoms with Crippen LogP contribution in [0.4, 0.5) is 4.79 Å². The van der Waals surface area contributed by atoms with Gasteiger partial charge < -0.3 is 10.1 Å². The topological polar surface area (TPSA) is 38.3 Å². The minimum atomic E-state index is -0.269. The largest absolute Gasteiger partial charge is 0.450 e. The minimum absolute atomic E-state index is 0.269. The molecule has 3 heteroatoms. The molecule has 102 valence electrons. The van der Waals surface area contributed by atoms with Crippen LogP contribution in [0, 0.1) is 0 Å². The standard InChI is InChI=1S/C14H29NO2/c1-3-5-6-7-8-9-10-11-12-15-14(16)17-13-4-2/h3-13H2,1-2H3,(H,15,16). The average Bonchev–Trinajstić information content (AvgIpc) is 2.34. The van der Waals surface area contributed by atoms with Crippen molar-refractivity contribution >= 4 is 6.09 Å². The number of carbonyl (C=O) groups excluding carboxylic acids is 1. The lowest BCUT2D eigenvalue weighted by Crippen LogP contribution is -2.25. The zero-order valence-corrected chi connectivity index (χ0v) is 11.6. The molecular weight excluding hydrogens is 214 g/mol. The molecule has 0 aromatic heterocycles. The molecule has 0 rings (SSSR count). The molecule has 17 heavy (non-hydrogen) atoms. The SMILES string of the molecule is CCCCCCCCCCNC(=O)OCCC. The summed E-state index contributed by atoms with van der Waals surface area (Å²) in [5.41, 5.74) is 0. The molecule has 0 heterocycles. The van der Waals surface area contributed by atoms with E-state index in [0.717, 1.165) is 19.4 Å². The van der Waals surface area contributed by atoms with Crippen LogP contribution in [-0.2, 0) is 4.74 Å². The molecule has 0 bridgehead atoms. The number of ether oxygens (including phenoxy) is 1. The van der Waals surface area contributed by atoms with E-state index in [0.29, 0.717) is 6.61 Å². The number of hydrogen-bond donors (Lipinski definition) is 1. The third kappa shape index (κ3) is 13.2. The lowest BCUT2D eigenvalue weighted by atomic mass is 10.1. The molecule has 0 aromatic rings. The van der Waals surface area contributed by atoms with Gasteiger partial charge >= 0.3 is 6.09 Å². The second-order valence-corrected chi connectivity index (χ2v) is 4.54. The molecule has 1 N–H and O–H groups in total. The van der Waals surface area contributed by atoms with Gasteiger partial charge in [0.15, 0.2) is 0 Å². The molecule has 0 atom stereocenters. The monoisotopic (exact) mass is 243 g/mol. The predicted molar refractivity (Wildman–Crippen MR) is 72.3 cm³/mol. The molecule has 0 radical (unpaired) electrons. The Bertz CT molecular complexity index is 172. The van der Waals surface area contributed by atoms with Gasteiger partial charge in [0.2, 0.25) is 0 Å². The first-order valence-electron chi connectivity index (χ1n) is 7.21. The zero-order valence-electron chi connectivity index (χ0n) is 11.6. The fraction of sp³-hybridized carbons (Fsp3) is 0.929. The molecule has 1 amide bonds. The van der Waals surface area contributed by atoms with Crippen LogP contribution < -0.4 is 5.32 Å². The van der Waals surface area contributed by atoms with Gasteiger partial charge in [-0.1, -0.05) is 58.8 Å². The van der Waals surface area contributed by atoms with Crippen LogP contribution in [0.2, 0.25) is 0 Å². The zero-order chi connectivity index (χ0) is 12.8. The lowest BCUT2D eigenvalue weighted by molar-refractivity contribution is 0.146. The Morgan fingerprint density at radius 1 is 0.882 bits per heavy atom. The van der Waals surface area contributed by atoms with Crippen LogP contribution in [0.25, 0.3) is 0 Å². The Morgan fingerprint density at radius 3 is 2.06 bits per heavy atom. The summed E-state index contributed by atoms with van der Waals surface area (Å²) in [6.07, 6.45) is 10.9. The van der Waals surface area contributed by atoms with Gasteiger partial charge in [-0.15, -0.1) is 0 Å². The van der Waals surface area contributed by atoms with E-state index in [1.165, 1.54) is 44.9 Å². The number of amides is 1. The Hall–Kier alpha value is -0.730. The summed E-state index contributed by atoms with van der Waals surface area (Å²) in [5.74, 6) is 0. The quantitative estimate of drug-likeness (QED) is 0.550. The third-order valence-electron chi connectivity index (χ3n) is 2.74. The van der Waals surface area contributed by atoms with E-state index in [2.05, 4.69) is 12.2 Å². The van der Waals surface area contributed by atoms with Gasteiger partial charge in [0.05, 0.1) is 6.61 Å². The Labute approximate surface area is 106 Å². The Morgan fingerprint density at radius 2 is 1.47 bits per heavy atom. The van der Waals surface area contributed by atoms with Gasteiger partial charge in [0, 0.05) is 6.54 Å². The van der Waals surface area contributed by atoms with Crippen LogP contribution in [0.5, 0.6) is 0 Å². The second-order valence-electron chi connectivity index (χ2n) is 4.54. The van der Waals surface area contributed by atoms with Crippen LogP contribution >= 0.6 is 0 Å². The second kappa shape index (κ2) is 13.3. The fourth-order valence-electron chi connectivity index (χ4n) is 1.70. The molecule has 0 saturated carbocycles. The lowest BCUT2D eigenvalue weighted by Gasteiger charge is -2.05. The van der Waals surface area contributed by atoms with E-state index in [1.807, 2.05) is 6.92 Å². The van der Waals surface area contributed by atoms with Crippen molar-refractivity contribution in [2.45, 2.75) is 71.6 Å². The Balaban J connectivity index is 3.05. The first-order chi connectivity index (χ1) is 8.31. The van der Waals surface area contributed by atoms with Gasteiger partial charge in [-0.05, 0) is 12.8 Å². The number of unbranched alkanes of at least 4 members (excludes halogenated alkanes) is 7. The molecule has 3 nitrogen and oxygen atoms in total. The number of rotatable bonds is 11. The molecule has 0 saturated heterocycles. The molecule has 0 aliphatic heterocycles. The van der Waals surface area contributed by atoms with E-state index in [4.69, 9.17) is 4.74 Å². The maximum absolute atomic E-state index is 11.1. The minimum Gasteiger partial charge on any atom is -0.450 e. The van der Waals surface area contributed by atoms with E-state index in [9.17, 15) is 4.79 Å². The van der Waals surface area contributed by atoms with Crippen molar-refractivity contribution in [3.8, 4) is 0 Å². The summed E-state index contributed by atoms with van der Waals surface area (Å²) in [4.78, 5) is 11.1. The van der Waals surface area contributed by atoms with Gasteiger partial charge in [0.1, 0.15) is 0 Å². The number of nitrogens with one attached hydrogen (secondary N) is 1. The highest BCUT2D eigenvalue weighted by Gasteiger charge is 1.98. The van der Waals surface area contributed by atoms with Crippen LogP contribution in [0.3, 0.4) is 0 Å². The Kier molecular flexibility index (Phi) is 12.8. The highest BCUT2D eigenvalue weighted by atomic mass is 16.5. The maximum atomic E-state index is 11.1. The predicted octanol–water partition coefficient (Wildman–Crippen LogP) is 4.26. The fourth-order valence-corrected chi connectivity index (χ4v) is 1.70. The van der Waals surface area contributed by atoms with E-state index in [-0.39, 0.29) is 6.09 Å². The maximum Gasteiger partial charge on any atom is 0.407 e. The van der Waals surface area contributed by atoms with Crippen molar-refractivity contribution < 1.29 is 9.53 Å². The number of hydrogen-bond acceptors (Lipinski definition) is 2. The summed E-state index contributed by atoms with van der Waals surface area (Å²) in [6, 6.07) is 0. The van der Waals surface area contributed by atoms with Crippen LogP contribution in [0.15, 0.2) is 0 Å². The van der Waals surface area contributed by atoms with Gasteiger partial charge in [-0.25, -0.2) is 4.79 Å². The van der Waals surface area contributed by atoms with Crippen LogP contribution in [-0.4, -0.2) is 19.2 Å². The van der Waals surface area contributed by atoms with E-state index in [1.54, 1.807) is 0 Å². The average molecular weight is 243 g/mol. The molecule has 0 spiro atoms. The van der Waals surface area contributed by atoms with Crippen molar-refractivity contribution in [2.75, 3.05) is 13.2 Å². The van der Waals surface area contributed by atoms with E-state index >= 15 is 0 Å². The number of carbonyl (C=O) groups is 1. The molecule has 0 aromatic carbocycles. The molecule has 0 aliphatic carbocycles. The highest BCUT2D eigenvalue weighted by Crippen LogP contribution is 2.07. The highest BCUT2D eigenvalue weighted by molar-refractivity contribution is 5.66. The van der Waals surface area contributed by atoms with Crippen molar-refractivity contribution in [3.05, 3.63) is 0 Å². The van der Waals surface area contributed by atoms with Gasteiger partial charge in [-0.2, -0.15) is 0 Å². The summed E-state index contributed by atoms with van der Waals surface area (Å²) in [7, 11) is 0. The van der Waals surface area contributed by atoms with E-state index < -0.39 is 0 Å². The molecular formula is C14H29NO2. The normalized spacial score (nSPS) is 10.2. The molecule has 0 unspecified atom stereocenters. The summed E-state index contributed by atoms with van der Waals surface area (Å²) in [6.45, 7) is 5.50. The van der Waals surface area contributed by atoms with Crippen molar-refractivity contribution in [1.82, 2.24) is 5.32 Å². The van der Waals surface area contributed by atoms with Crippen molar-refractivity contribution in [3.63, 3.8) is 0 Å². The van der Waals surface area contributed by atoms with Crippen molar-refractivity contribution in [2.24, 2.45) is 0 Å². The summed E-state index contributed by atoms with van der Waals surface area (Å²) < 4.78 is 4.91. The van der Waals surface area contributed by atoms with Crippen LogP contribution in [0.1, 0.15) is 71.6 Å². The van der Waals surface area contributed by atoms with Crippen molar-refractivity contribution in [1.29, 1.82) is 0 Å². The smallest absolute Gasteiger partial charge is 0.407 e. The molecule has 0 aliphatic rings. The summed E-state index contributed by atoms with van der Waals surface area (Å²) in [5, 5.41) is 2.77. The number of alkyl carbamates (subject to hydrolysis) is 1. The van der Waals surface area contributed by atoms with Gasteiger partial charge in [0.25, 0.3) is 0 Å². The van der Waals surface area contributed by atoms with Gasteiger partial charge in [-0.3, -0.25) is 0 Å². The first kappa shape index (κ1) is 16.3. The third-order valence-corrected chi connectivity index (χ3v) is 2.74. The summed E-state index contributed by atoms with van der Waals surface area (Å²) >= 11 is 0.